The van der Waals surface area contributed by atoms with Crippen LogP contribution in [0, 0.1) is 5.92 Å². The Morgan fingerprint density at radius 3 is 2.26 bits per heavy atom. The molecule has 1 amide bonds. The van der Waals surface area contributed by atoms with E-state index in [1.54, 1.807) is 13.8 Å². The van der Waals surface area contributed by atoms with E-state index in [1.165, 1.54) is 20.8 Å². The average Bonchev–Trinajstić information content (AvgIpc) is 2.52. The number of carbonyl (C=O) groups excluding carboxylic acids is 3. The average molecular weight is 347 g/mol. The van der Waals surface area contributed by atoms with Crippen LogP contribution < -0.4 is 0 Å². The number of sulfone groups is 1. The molecule has 2 heterocycles. The fourth-order valence-electron chi connectivity index (χ4n) is 2.76. The molecule has 0 aromatic rings. The molecule has 0 aromatic carbocycles. The Hall–Kier alpha value is -1.64. The van der Waals surface area contributed by atoms with Crippen molar-refractivity contribution in [1.29, 1.82) is 0 Å². The Morgan fingerprint density at radius 1 is 1.22 bits per heavy atom. The first-order valence-electron chi connectivity index (χ1n) is 7.37. The summed E-state index contributed by atoms with van der Waals surface area (Å²) < 4.78 is 33.3. The van der Waals surface area contributed by atoms with Gasteiger partial charge in [0.25, 0.3) is 0 Å². The van der Waals surface area contributed by atoms with E-state index in [-0.39, 0.29) is 12.3 Å². The molecular weight excluding hydrogens is 326 g/mol. The topological polar surface area (TPSA) is 107 Å². The number of ether oxygens (including phenoxy) is 2. The molecule has 0 aliphatic carbocycles. The first kappa shape index (κ1) is 17.7. The van der Waals surface area contributed by atoms with Gasteiger partial charge in [0, 0.05) is 6.92 Å². The fourth-order valence-corrected chi connectivity index (χ4v) is 4.88. The van der Waals surface area contributed by atoms with Gasteiger partial charge in [-0.2, -0.15) is 0 Å². The Bertz CT molecular complexity index is 652. The van der Waals surface area contributed by atoms with Crippen molar-refractivity contribution in [2.75, 3.05) is 0 Å². The molecule has 130 valence electrons. The highest BCUT2D eigenvalue weighted by atomic mass is 32.2. The quantitative estimate of drug-likeness (QED) is 0.406. The number of amides is 1. The van der Waals surface area contributed by atoms with Crippen LogP contribution in [0.25, 0.3) is 0 Å². The van der Waals surface area contributed by atoms with Crippen molar-refractivity contribution >= 4 is 27.7 Å². The molecule has 3 atom stereocenters. The SMILES string of the molecule is CC(OC(=O)C(C)C)OC(=O)[C@@H]1N2C(=O)C[C@H]2S(=O)(=O)C1(C)C. The van der Waals surface area contributed by atoms with Crippen molar-refractivity contribution in [2.24, 2.45) is 5.92 Å². The standard InChI is InChI=1S/C14H21NO7S/c1-7(2)12(17)21-8(3)22-13(18)11-14(4,5)23(19,20)10-6-9(16)15(10)11/h7-8,10-11H,6H2,1-5H3/t8?,10-,11+/m1/s1. The maximum absolute atomic E-state index is 12.4. The van der Waals surface area contributed by atoms with Crippen molar-refractivity contribution in [3.8, 4) is 0 Å². The highest BCUT2D eigenvalue weighted by molar-refractivity contribution is 7.93. The minimum absolute atomic E-state index is 0.118. The van der Waals surface area contributed by atoms with Gasteiger partial charge in [-0.3, -0.25) is 9.59 Å². The molecule has 2 saturated heterocycles. The minimum Gasteiger partial charge on any atom is -0.425 e. The van der Waals surface area contributed by atoms with Crippen LogP contribution in [0.15, 0.2) is 0 Å². The van der Waals surface area contributed by atoms with Gasteiger partial charge in [0.15, 0.2) is 9.84 Å². The molecule has 2 aliphatic rings. The zero-order valence-corrected chi connectivity index (χ0v) is 14.5. The summed E-state index contributed by atoms with van der Waals surface area (Å²) in [7, 11) is -3.67. The number of carbonyl (C=O) groups is 3. The molecule has 2 fully saturated rings. The third-order valence-corrected chi connectivity index (χ3v) is 7.03. The molecule has 9 heteroatoms. The smallest absolute Gasteiger partial charge is 0.333 e. The van der Waals surface area contributed by atoms with Crippen LogP contribution >= 0.6 is 0 Å². The van der Waals surface area contributed by atoms with Crippen LogP contribution in [0.3, 0.4) is 0 Å². The zero-order valence-electron chi connectivity index (χ0n) is 13.7. The third-order valence-electron chi connectivity index (χ3n) is 4.23. The molecule has 0 radical (unpaired) electrons. The van der Waals surface area contributed by atoms with E-state index in [0.29, 0.717) is 0 Å². The van der Waals surface area contributed by atoms with Crippen LogP contribution in [0.1, 0.15) is 41.0 Å². The first-order valence-corrected chi connectivity index (χ1v) is 8.91. The predicted molar refractivity (Wildman–Crippen MR) is 78.5 cm³/mol. The molecule has 0 aromatic heterocycles. The molecule has 0 bridgehead atoms. The van der Waals surface area contributed by atoms with Gasteiger partial charge in [0.2, 0.25) is 12.2 Å². The number of fused-ring (bicyclic) bond motifs is 1. The van der Waals surface area contributed by atoms with Crippen LogP contribution in [0.5, 0.6) is 0 Å². The van der Waals surface area contributed by atoms with Crippen molar-refractivity contribution in [3.63, 3.8) is 0 Å². The van der Waals surface area contributed by atoms with Crippen molar-refractivity contribution in [1.82, 2.24) is 4.90 Å². The summed E-state index contributed by atoms with van der Waals surface area (Å²) in [6, 6.07) is -1.24. The lowest BCUT2D eigenvalue weighted by atomic mass is 9.98. The second kappa shape index (κ2) is 5.47. The van der Waals surface area contributed by atoms with Gasteiger partial charge >= 0.3 is 11.9 Å². The molecule has 1 unspecified atom stereocenters. The fraction of sp³-hybridized carbons (Fsp3) is 0.786. The van der Waals surface area contributed by atoms with Crippen molar-refractivity contribution < 1.29 is 32.3 Å². The summed E-state index contributed by atoms with van der Waals surface area (Å²) in [4.78, 5) is 36.6. The van der Waals surface area contributed by atoms with Gasteiger partial charge in [-0.15, -0.1) is 0 Å². The van der Waals surface area contributed by atoms with Crippen LogP contribution in [0.4, 0.5) is 0 Å². The molecule has 0 saturated carbocycles. The molecule has 0 spiro atoms. The van der Waals surface area contributed by atoms with E-state index in [9.17, 15) is 22.8 Å². The summed E-state index contributed by atoms with van der Waals surface area (Å²) in [5, 5.41) is -0.976. The zero-order chi connectivity index (χ0) is 17.7. The van der Waals surface area contributed by atoms with Gasteiger partial charge in [0.1, 0.15) is 11.4 Å². The number of hydrogen-bond acceptors (Lipinski definition) is 7. The minimum atomic E-state index is -3.67. The lowest BCUT2D eigenvalue weighted by Gasteiger charge is -2.36. The van der Waals surface area contributed by atoms with Crippen LogP contribution in [-0.2, 0) is 33.7 Å². The molecule has 8 nitrogen and oxygen atoms in total. The van der Waals surface area contributed by atoms with E-state index in [1.807, 2.05) is 0 Å². The number of esters is 2. The van der Waals surface area contributed by atoms with Gasteiger partial charge in [-0.25, -0.2) is 13.2 Å². The van der Waals surface area contributed by atoms with Gasteiger partial charge in [0.05, 0.1) is 17.1 Å². The summed E-state index contributed by atoms with van der Waals surface area (Å²) in [6.07, 6.45) is -1.28. The predicted octanol–water partition coefficient (Wildman–Crippen LogP) is 0.209. The van der Waals surface area contributed by atoms with Crippen molar-refractivity contribution in [3.05, 3.63) is 0 Å². The number of β-lactam (4-membered cyclic amide) rings is 1. The molecule has 2 rings (SSSR count). The van der Waals surface area contributed by atoms with E-state index in [2.05, 4.69) is 0 Å². The van der Waals surface area contributed by atoms with E-state index in [4.69, 9.17) is 9.47 Å². The lowest BCUT2D eigenvalue weighted by molar-refractivity contribution is -0.192. The highest BCUT2D eigenvalue weighted by Crippen LogP contribution is 2.46. The monoisotopic (exact) mass is 347 g/mol. The first-order chi connectivity index (χ1) is 10.4. The van der Waals surface area contributed by atoms with E-state index >= 15 is 0 Å². The van der Waals surface area contributed by atoms with Gasteiger partial charge in [-0.1, -0.05) is 13.8 Å². The normalized spacial score (nSPS) is 28.8. The van der Waals surface area contributed by atoms with Crippen LogP contribution in [0.2, 0.25) is 0 Å². The summed E-state index contributed by atoms with van der Waals surface area (Å²) in [6.45, 7) is 7.42. The third kappa shape index (κ3) is 2.60. The summed E-state index contributed by atoms with van der Waals surface area (Å²) in [5.41, 5.74) is 0. The van der Waals surface area contributed by atoms with Gasteiger partial charge < -0.3 is 14.4 Å². The number of hydrogen-bond donors (Lipinski definition) is 0. The summed E-state index contributed by atoms with van der Waals surface area (Å²) >= 11 is 0. The maximum atomic E-state index is 12.4. The van der Waals surface area contributed by atoms with Crippen molar-refractivity contribution in [2.45, 2.75) is 63.5 Å². The second-order valence-corrected chi connectivity index (χ2v) is 9.29. The molecule has 2 aliphatic heterocycles. The van der Waals surface area contributed by atoms with Crippen LogP contribution in [-0.4, -0.2) is 53.6 Å². The Labute approximate surface area is 135 Å². The van der Waals surface area contributed by atoms with E-state index in [0.717, 1.165) is 4.90 Å². The molecule has 23 heavy (non-hydrogen) atoms. The Balaban J connectivity index is 2.15. The summed E-state index contributed by atoms with van der Waals surface area (Å²) in [5.74, 6) is -2.22. The molecular formula is C14H21NO7S. The Morgan fingerprint density at radius 2 is 1.78 bits per heavy atom. The maximum Gasteiger partial charge on any atom is 0.333 e. The number of rotatable bonds is 4. The second-order valence-electron chi connectivity index (χ2n) is 6.61. The Kier molecular flexibility index (Phi) is 4.21. The largest absolute Gasteiger partial charge is 0.425 e. The molecule has 0 N–H and O–H groups in total. The van der Waals surface area contributed by atoms with Gasteiger partial charge in [-0.05, 0) is 13.8 Å². The number of nitrogens with zero attached hydrogens (tertiary/aromatic N) is 1. The highest BCUT2D eigenvalue weighted by Gasteiger charge is 2.68. The van der Waals surface area contributed by atoms with E-state index < -0.39 is 50.1 Å². The lowest BCUT2D eigenvalue weighted by Crippen LogP contribution is -2.57.